The SMILES string of the molecule is C=CCN(CC=C)c1ccc(C(=O)c2ccccc2CO)cc1. The zero-order chi connectivity index (χ0) is 16.7. The van der Waals surface area contributed by atoms with Crippen LogP contribution in [0, 0.1) is 0 Å². The number of aliphatic hydroxyl groups excluding tert-OH is 1. The Morgan fingerprint density at radius 3 is 2.17 bits per heavy atom. The lowest BCUT2D eigenvalue weighted by Crippen LogP contribution is -2.23. The van der Waals surface area contributed by atoms with E-state index in [9.17, 15) is 9.90 Å². The van der Waals surface area contributed by atoms with Crippen LogP contribution in [0.2, 0.25) is 0 Å². The number of carbonyl (C=O) groups is 1. The number of carbonyl (C=O) groups excluding carboxylic acids is 1. The first-order valence-corrected chi connectivity index (χ1v) is 7.51. The van der Waals surface area contributed by atoms with E-state index in [1.807, 2.05) is 42.5 Å². The zero-order valence-corrected chi connectivity index (χ0v) is 13.1. The summed E-state index contributed by atoms with van der Waals surface area (Å²) < 4.78 is 0. The van der Waals surface area contributed by atoms with Crippen molar-refractivity contribution in [1.29, 1.82) is 0 Å². The molecule has 0 aromatic heterocycles. The first-order chi connectivity index (χ1) is 11.2. The molecule has 3 heteroatoms. The molecular formula is C20H21NO2. The van der Waals surface area contributed by atoms with E-state index in [4.69, 9.17) is 0 Å². The van der Waals surface area contributed by atoms with Crippen LogP contribution in [0.4, 0.5) is 5.69 Å². The van der Waals surface area contributed by atoms with Gasteiger partial charge in [-0.1, -0.05) is 36.4 Å². The lowest BCUT2D eigenvalue weighted by atomic mass is 9.98. The molecule has 1 N–H and O–H groups in total. The Labute approximate surface area is 137 Å². The first kappa shape index (κ1) is 16.7. The highest BCUT2D eigenvalue weighted by Crippen LogP contribution is 2.19. The zero-order valence-electron chi connectivity index (χ0n) is 13.1. The summed E-state index contributed by atoms with van der Waals surface area (Å²) >= 11 is 0. The summed E-state index contributed by atoms with van der Waals surface area (Å²) in [7, 11) is 0. The molecule has 2 aromatic carbocycles. The van der Waals surface area contributed by atoms with Crippen molar-refractivity contribution in [2.75, 3.05) is 18.0 Å². The third kappa shape index (κ3) is 3.96. The summed E-state index contributed by atoms with van der Waals surface area (Å²) in [4.78, 5) is 14.7. The van der Waals surface area contributed by atoms with E-state index in [-0.39, 0.29) is 12.4 Å². The van der Waals surface area contributed by atoms with Crippen LogP contribution in [0.3, 0.4) is 0 Å². The van der Waals surface area contributed by atoms with Gasteiger partial charge in [-0.05, 0) is 29.8 Å². The van der Waals surface area contributed by atoms with Gasteiger partial charge >= 0.3 is 0 Å². The highest BCUT2D eigenvalue weighted by atomic mass is 16.3. The molecule has 23 heavy (non-hydrogen) atoms. The van der Waals surface area contributed by atoms with Crippen LogP contribution in [-0.4, -0.2) is 24.0 Å². The van der Waals surface area contributed by atoms with Crippen molar-refractivity contribution in [1.82, 2.24) is 0 Å². The lowest BCUT2D eigenvalue weighted by Gasteiger charge is -2.21. The van der Waals surface area contributed by atoms with Gasteiger partial charge in [0.1, 0.15) is 0 Å². The van der Waals surface area contributed by atoms with Crippen LogP contribution >= 0.6 is 0 Å². The minimum atomic E-state index is -0.146. The molecule has 3 nitrogen and oxygen atoms in total. The fraction of sp³-hybridized carbons (Fsp3) is 0.150. The molecule has 2 aromatic rings. The summed E-state index contributed by atoms with van der Waals surface area (Å²) in [5.74, 6) is -0.0832. The predicted octanol–water partition coefficient (Wildman–Crippen LogP) is 3.59. The average molecular weight is 307 g/mol. The molecule has 2 rings (SSSR count). The Morgan fingerprint density at radius 2 is 1.61 bits per heavy atom. The molecule has 0 heterocycles. The molecule has 0 amide bonds. The maximum Gasteiger partial charge on any atom is 0.193 e. The molecule has 0 aliphatic rings. The predicted molar refractivity (Wildman–Crippen MR) is 94.8 cm³/mol. The highest BCUT2D eigenvalue weighted by Gasteiger charge is 2.13. The van der Waals surface area contributed by atoms with Crippen LogP contribution in [0.1, 0.15) is 21.5 Å². The van der Waals surface area contributed by atoms with Gasteiger partial charge in [0.2, 0.25) is 0 Å². The second-order valence-corrected chi connectivity index (χ2v) is 5.17. The molecule has 0 aliphatic heterocycles. The Bertz CT molecular complexity index is 679. The number of hydrogen-bond acceptors (Lipinski definition) is 3. The third-order valence-corrected chi connectivity index (χ3v) is 3.63. The minimum Gasteiger partial charge on any atom is -0.392 e. The molecular weight excluding hydrogens is 286 g/mol. The van der Waals surface area contributed by atoms with Gasteiger partial charge in [0, 0.05) is 29.9 Å². The van der Waals surface area contributed by atoms with E-state index in [0.717, 1.165) is 5.69 Å². The molecule has 0 saturated carbocycles. The molecule has 0 unspecified atom stereocenters. The van der Waals surface area contributed by atoms with Gasteiger partial charge in [-0.15, -0.1) is 13.2 Å². The Hall–Kier alpha value is -2.65. The maximum absolute atomic E-state index is 12.6. The topological polar surface area (TPSA) is 40.5 Å². The standard InChI is InChI=1S/C20H21NO2/c1-3-13-21(14-4-2)18-11-9-16(10-12-18)20(23)19-8-6-5-7-17(19)15-22/h3-12,22H,1-2,13-15H2. The van der Waals surface area contributed by atoms with E-state index in [2.05, 4.69) is 18.1 Å². The second-order valence-electron chi connectivity index (χ2n) is 5.17. The van der Waals surface area contributed by atoms with E-state index >= 15 is 0 Å². The molecule has 118 valence electrons. The van der Waals surface area contributed by atoms with E-state index in [0.29, 0.717) is 29.8 Å². The quantitative estimate of drug-likeness (QED) is 0.598. The molecule has 0 radical (unpaired) electrons. The van der Waals surface area contributed by atoms with Gasteiger partial charge in [0.15, 0.2) is 5.78 Å². The van der Waals surface area contributed by atoms with Gasteiger partial charge < -0.3 is 10.0 Å². The summed E-state index contributed by atoms with van der Waals surface area (Å²) in [6.45, 7) is 8.80. The van der Waals surface area contributed by atoms with E-state index in [1.54, 1.807) is 18.2 Å². The van der Waals surface area contributed by atoms with Gasteiger partial charge in [-0.3, -0.25) is 4.79 Å². The monoisotopic (exact) mass is 307 g/mol. The smallest absolute Gasteiger partial charge is 0.193 e. The lowest BCUT2D eigenvalue weighted by molar-refractivity contribution is 0.103. The largest absolute Gasteiger partial charge is 0.392 e. The maximum atomic E-state index is 12.6. The van der Waals surface area contributed by atoms with Crippen molar-refractivity contribution in [3.05, 3.63) is 90.5 Å². The molecule has 0 fully saturated rings. The number of ketones is 1. The van der Waals surface area contributed by atoms with Crippen molar-refractivity contribution >= 4 is 11.5 Å². The van der Waals surface area contributed by atoms with Crippen LogP contribution in [-0.2, 0) is 6.61 Å². The second kappa shape index (κ2) is 8.11. The molecule has 0 bridgehead atoms. The van der Waals surface area contributed by atoms with E-state index in [1.165, 1.54) is 0 Å². The highest BCUT2D eigenvalue weighted by molar-refractivity contribution is 6.10. The van der Waals surface area contributed by atoms with Crippen molar-refractivity contribution in [3.63, 3.8) is 0 Å². The van der Waals surface area contributed by atoms with Crippen molar-refractivity contribution in [2.45, 2.75) is 6.61 Å². The molecule has 0 aliphatic carbocycles. The Balaban J connectivity index is 2.26. The number of rotatable bonds is 8. The molecule has 0 spiro atoms. The fourth-order valence-electron chi connectivity index (χ4n) is 2.46. The molecule has 0 atom stereocenters. The van der Waals surface area contributed by atoms with Crippen LogP contribution in [0.25, 0.3) is 0 Å². The molecule has 0 saturated heterocycles. The van der Waals surface area contributed by atoms with E-state index < -0.39 is 0 Å². The van der Waals surface area contributed by atoms with Crippen molar-refractivity contribution < 1.29 is 9.90 Å². The summed E-state index contributed by atoms with van der Waals surface area (Å²) in [5, 5.41) is 9.37. The van der Waals surface area contributed by atoms with Crippen molar-refractivity contribution in [2.24, 2.45) is 0 Å². The summed E-state index contributed by atoms with van der Waals surface area (Å²) in [6.07, 6.45) is 3.67. The number of aliphatic hydroxyl groups is 1. The number of hydrogen-bond donors (Lipinski definition) is 1. The van der Waals surface area contributed by atoms with Crippen molar-refractivity contribution in [3.8, 4) is 0 Å². The third-order valence-electron chi connectivity index (χ3n) is 3.63. The average Bonchev–Trinajstić information content (AvgIpc) is 2.61. The van der Waals surface area contributed by atoms with Crippen LogP contribution in [0.15, 0.2) is 73.8 Å². The first-order valence-electron chi connectivity index (χ1n) is 7.51. The Kier molecular flexibility index (Phi) is 5.89. The Morgan fingerprint density at radius 1 is 1.00 bits per heavy atom. The number of anilines is 1. The minimum absolute atomic E-state index is 0.0832. The number of benzene rings is 2. The van der Waals surface area contributed by atoms with Crippen LogP contribution < -0.4 is 4.90 Å². The number of nitrogens with zero attached hydrogens (tertiary/aromatic N) is 1. The van der Waals surface area contributed by atoms with Gasteiger partial charge in [-0.25, -0.2) is 0 Å². The summed E-state index contributed by atoms with van der Waals surface area (Å²) in [5.41, 5.74) is 2.79. The van der Waals surface area contributed by atoms with Crippen LogP contribution in [0.5, 0.6) is 0 Å². The van der Waals surface area contributed by atoms with Gasteiger partial charge in [-0.2, -0.15) is 0 Å². The fourth-order valence-corrected chi connectivity index (χ4v) is 2.46. The summed E-state index contributed by atoms with van der Waals surface area (Å²) in [6, 6.07) is 14.6. The normalized spacial score (nSPS) is 10.1. The van der Waals surface area contributed by atoms with Gasteiger partial charge in [0.25, 0.3) is 0 Å². The van der Waals surface area contributed by atoms with Gasteiger partial charge in [0.05, 0.1) is 6.61 Å².